The van der Waals surface area contributed by atoms with Crippen LogP contribution in [0, 0.1) is 0 Å². The van der Waals surface area contributed by atoms with Gasteiger partial charge in [-0.2, -0.15) is 0 Å². The van der Waals surface area contributed by atoms with Gasteiger partial charge in [-0.1, -0.05) is 12.1 Å². The number of anilines is 1. The number of nitrogen functional groups attached to an aromatic ring is 1. The van der Waals surface area contributed by atoms with Crippen LogP contribution in [0.25, 0.3) is 10.9 Å². The summed E-state index contributed by atoms with van der Waals surface area (Å²) in [4.78, 5) is 4.93. The van der Waals surface area contributed by atoms with Crippen molar-refractivity contribution >= 4 is 16.6 Å². The first-order chi connectivity index (χ1) is 9.69. The van der Waals surface area contributed by atoms with Gasteiger partial charge < -0.3 is 15.2 Å². The summed E-state index contributed by atoms with van der Waals surface area (Å²) in [5.74, 6) is 0. The topological polar surface area (TPSA) is 37.4 Å². The van der Waals surface area contributed by atoms with E-state index in [2.05, 4.69) is 40.5 Å². The van der Waals surface area contributed by atoms with Crippen molar-refractivity contribution in [2.75, 3.05) is 39.0 Å². The molecule has 1 aromatic carbocycles. The molecule has 3 rings (SSSR count). The summed E-state index contributed by atoms with van der Waals surface area (Å²) < 4.78 is 2.36. The second kappa shape index (κ2) is 5.46. The zero-order valence-electron chi connectivity index (χ0n) is 12.5. The first kappa shape index (κ1) is 13.5. The molecule has 2 heterocycles. The molecule has 4 heteroatoms. The molecule has 20 heavy (non-hydrogen) atoms. The lowest BCUT2D eigenvalue weighted by Crippen LogP contribution is -2.44. The highest BCUT2D eigenvalue weighted by Crippen LogP contribution is 2.26. The summed E-state index contributed by atoms with van der Waals surface area (Å²) >= 11 is 0. The Labute approximate surface area is 120 Å². The number of para-hydroxylation sites is 1. The van der Waals surface area contributed by atoms with Crippen molar-refractivity contribution in [2.45, 2.75) is 20.0 Å². The lowest BCUT2D eigenvalue weighted by Gasteiger charge is -2.32. The Bertz CT molecular complexity index is 594. The standard InChI is InChI=1S/C16H24N4/c1-3-20-14(12-19-9-7-18(2)8-10-19)11-13-5-4-6-15(17)16(13)20/h4-6,11H,3,7-10,12,17H2,1-2H3. The Morgan fingerprint density at radius 1 is 1.15 bits per heavy atom. The highest BCUT2D eigenvalue weighted by molar-refractivity contribution is 5.91. The van der Waals surface area contributed by atoms with Crippen LogP contribution in [0.5, 0.6) is 0 Å². The van der Waals surface area contributed by atoms with Crippen LogP contribution in [0.2, 0.25) is 0 Å². The largest absolute Gasteiger partial charge is 0.397 e. The molecule has 1 saturated heterocycles. The molecule has 0 amide bonds. The number of rotatable bonds is 3. The fraction of sp³-hybridized carbons (Fsp3) is 0.500. The summed E-state index contributed by atoms with van der Waals surface area (Å²) in [6, 6.07) is 8.49. The van der Waals surface area contributed by atoms with Crippen molar-refractivity contribution < 1.29 is 0 Å². The first-order valence-corrected chi connectivity index (χ1v) is 7.46. The molecule has 1 aliphatic rings. The minimum Gasteiger partial charge on any atom is -0.397 e. The van der Waals surface area contributed by atoms with E-state index in [4.69, 9.17) is 5.73 Å². The lowest BCUT2D eigenvalue weighted by atomic mass is 10.2. The molecule has 0 unspecified atom stereocenters. The molecule has 4 nitrogen and oxygen atoms in total. The van der Waals surface area contributed by atoms with E-state index in [9.17, 15) is 0 Å². The molecule has 0 radical (unpaired) electrons. The molecule has 1 aromatic heterocycles. The molecule has 2 N–H and O–H groups in total. The highest BCUT2D eigenvalue weighted by Gasteiger charge is 2.17. The summed E-state index contributed by atoms with van der Waals surface area (Å²) in [5.41, 5.74) is 9.61. The Hall–Kier alpha value is -1.52. The fourth-order valence-corrected chi connectivity index (χ4v) is 3.14. The Morgan fingerprint density at radius 2 is 1.90 bits per heavy atom. The van der Waals surface area contributed by atoms with Crippen molar-refractivity contribution in [2.24, 2.45) is 0 Å². The maximum Gasteiger partial charge on any atom is 0.0716 e. The van der Waals surface area contributed by atoms with Crippen LogP contribution in [-0.2, 0) is 13.1 Å². The van der Waals surface area contributed by atoms with Gasteiger partial charge in [-0.15, -0.1) is 0 Å². The molecule has 0 bridgehead atoms. The van der Waals surface area contributed by atoms with Crippen LogP contribution in [0.1, 0.15) is 12.6 Å². The monoisotopic (exact) mass is 272 g/mol. The molecule has 1 aliphatic heterocycles. The normalized spacial score (nSPS) is 17.9. The summed E-state index contributed by atoms with van der Waals surface area (Å²) in [6.07, 6.45) is 0. The first-order valence-electron chi connectivity index (χ1n) is 7.46. The molecular formula is C16H24N4. The van der Waals surface area contributed by atoms with Crippen LogP contribution < -0.4 is 5.73 Å². The van der Waals surface area contributed by atoms with Crippen LogP contribution in [0.4, 0.5) is 5.69 Å². The van der Waals surface area contributed by atoms with Gasteiger partial charge in [0.1, 0.15) is 0 Å². The number of piperazine rings is 1. The number of nitrogens with zero attached hydrogens (tertiary/aromatic N) is 3. The van der Waals surface area contributed by atoms with Crippen LogP contribution in [-0.4, -0.2) is 47.6 Å². The molecule has 0 atom stereocenters. The van der Waals surface area contributed by atoms with E-state index in [1.807, 2.05) is 12.1 Å². The number of aromatic nitrogens is 1. The van der Waals surface area contributed by atoms with Gasteiger partial charge >= 0.3 is 0 Å². The third-order valence-corrected chi connectivity index (χ3v) is 4.33. The highest BCUT2D eigenvalue weighted by atomic mass is 15.2. The minimum absolute atomic E-state index is 0.883. The van der Waals surface area contributed by atoms with Crippen molar-refractivity contribution in [3.63, 3.8) is 0 Å². The third kappa shape index (κ3) is 2.41. The second-order valence-electron chi connectivity index (χ2n) is 5.74. The average molecular weight is 272 g/mol. The van der Waals surface area contributed by atoms with Gasteiger partial charge in [0.15, 0.2) is 0 Å². The summed E-state index contributed by atoms with van der Waals surface area (Å²) in [6.45, 7) is 8.81. The zero-order valence-corrected chi connectivity index (χ0v) is 12.5. The Morgan fingerprint density at radius 3 is 2.60 bits per heavy atom. The van der Waals surface area contributed by atoms with Gasteiger partial charge in [0.2, 0.25) is 0 Å². The molecule has 1 fully saturated rings. The number of fused-ring (bicyclic) bond motifs is 1. The molecular weight excluding hydrogens is 248 g/mol. The van der Waals surface area contributed by atoms with Gasteiger partial charge in [0.25, 0.3) is 0 Å². The van der Waals surface area contributed by atoms with E-state index >= 15 is 0 Å². The quantitative estimate of drug-likeness (QED) is 0.868. The Balaban J connectivity index is 1.89. The maximum atomic E-state index is 6.16. The van der Waals surface area contributed by atoms with Crippen LogP contribution in [0.3, 0.4) is 0 Å². The fourth-order valence-electron chi connectivity index (χ4n) is 3.14. The van der Waals surface area contributed by atoms with Gasteiger partial charge in [-0.3, -0.25) is 4.90 Å². The minimum atomic E-state index is 0.883. The number of aryl methyl sites for hydroxylation is 1. The van der Waals surface area contributed by atoms with Gasteiger partial charge in [0.05, 0.1) is 11.2 Å². The number of benzene rings is 1. The predicted octanol–water partition coefficient (Wildman–Crippen LogP) is 1.99. The smallest absolute Gasteiger partial charge is 0.0716 e. The Kier molecular flexibility index (Phi) is 3.68. The van der Waals surface area contributed by atoms with Gasteiger partial charge in [-0.25, -0.2) is 0 Å². The van der Waals surface area contributed by atoms with Gasteiger partial charge in [0, 0.05) is 50.3 Å². The van der Waals surface area contributed by atoms with E-state index in [0.29, 0.717) is 0 Å². The molecule has 0 saturated carbocycles. The van der Waals surface area contributed by atoms with Crippen molar-refractivity contribution in [1.82, 2.24) is 14.4 Å². The second-order valence-corrected chi connectivity index (χ2v) is 5.74. The van der Waals surface area contributed by atoms with E-state index in [-0.39, 0.29) is 0 Å². The molecule has 0 aliphatic carbocycles. The summed E-state index contributed by atoms with van der Waals surface area (Å²) in [7, 11) is 2.20. The van der Waals surface area contributed by atoms with E-state index in [1.54, 1.807) is 0 Å². The lowest BCUT2D eigenvalue weighted by molar-refractivity contribution is 0.146. The maximum absolute atomic E-state index is 6.16. The summed E-state index contributed by atoms with van der Waals surface area (Å²) in [5, 5.41) is 1.26. The number of nitrogens with two attached hydrogens (primary N) is 1. The SMILES string of the molecule is CCn1c(CN2CCN(C)CC2)cc2cccc(N)c21. The predicted molar refractivity (Wildman–Crippen MR) is 84.8 cm³/mol. The van der Waals surface area contributed by atoms with Gasteiger partial charge in [-0.05, 0) is 26.1 Å². The molecule has 2 aromatic rings. The average Bonchev–Trinajstić information content (AvgIpc) is 2.80. The number of likely N-dealkylation sites (N-methyl/N-ethyl adjacent to an activating group) is 1. The van der Waals surface area contributed by atoms with E-state index in [1.165, 1.54) is 16.6 Å². The van der Waals surface area contributed by atoms with Crippen LogP contribution >= 0.6 is 0 Å². The van der Waals surface area contributed by atoms with Crippen molar-refractivity contribution in [1.29, 1.82) is 0 Å². The van der Waals surface area contributed by atoms with Crippen molar-refractivity contribution in [3.8, 4) is 0 Å². The number of hydrogen-bond donors (Lipinski definition) is 1. The molecule has 108 valence electrons. The zero-order chi connectivity index (χ0) is 14.1. The third-order valence-electron chi connectivity index (χ3n) is 4.33. The molecule has 0 spiro atoms. The van der Waals surface area contributed by atoms with Crippen LogP contribution in [0.15, 0.2) is 24.3 Å². The number of hydrogen-bond acceptors (Lipinski definition) is 3. The van der Waals surface area contributed by atoms with Crippen molar-refractivity contribution in [3.05, 3.63) is 30.0 Å². The van der Waals surface area contributed by atoms with E-state index in [0.717, 1.165) is 45.0 Å². The van der Waals surface area contributed by atoms with E-state index < -0.39 is 0 Å².